The molecule has 2 fully saturated rings. The fraction of sp³-hybridized carbons (Fsp3) is 0.545. The Kier molecular flexibility index (Phi) is 2.21. The summed E-state index contributed by atoms with van der Waals surface area (Å²) in [7, 11) is 0. The van der Waals surface area contributed by atoms with E-state index in [1.165, 1.54) is 6.42 Å². The molecule has 2 saturated heterocycles. The van der Waals surface area contributed by atoms with Crippen LogP contribution in [0, 0.1) is 5.92 Å². The van der Waals surface area contributed by atoms with E-state index in [-0.39, 0.29) is 11.7 Å². The van der Waals surface area contributed by atoms with E-state index in [0.29, 0.717) is 17.8 Å². The van der Waals surface area contributed by atoms with Gasteiger partial charge in [0.25, 0.3) is 0 Å². The fourth-order valence-corrected chi connectivity index (χ4v) is 3.15. The van der Waals surface area contributed by atoms with E-state index in [0.717, 1.165) is 17.3 Å². The van der Waals surface area contributed by atoms with Crippen molar-refractivity contribution >= 4 is 21.7 Å². The van der Waals surface area contributed by atoms with E-state index in [1.807, 2.05) is 0 Å². The Hall–Kier alpha value is -0.610. The van der Waals surface area contributed by atoms with Gasteiger partial charge in [0.1, 0.15) is 0 Å². The minimum absolute atomic E-state index is 0.117. The van der Waals surface area contributed by atoms with E-state index in [2.05, 4.69) is 21.2 Å². The van der Waals surface area contributed by atoms with Crippen molar-refractivity contribution in [3.05, 3.63) is 22.6 Å². The van der Waals surface area contributed by atoms with Gasteiger partial charge in [0.05, 0.1) is 10.7 Å². The Morgan fingerprint density at radius 3 is 2.93 bits per heavy atom. The molecule has 0 amide bonds. The van der Waals surface area contributed by atoms with Crippen molar-refractivity contribution < 1.29 is 9.21 Å². The van der Waals surface area contributed by atoms with Gasteiger partial charge in [-0.15, -0.1) is 0 Å². The average molecular weight is 270 g/mol. The number of Topliss-reactive ketones (excluding diaryl/α,β-unsaturated/α-hetero) is 1. The summed E-state index contributed by atoms with van der Waals surface area (Å²) in [4.78, 5) is 12.2. The minimum Gasteiger partial charge on any atom is -0.460 e. The first kappa shape index (κ1) is 9.60. The number of fused-ring (bicyclic) bond motifs is 2. The molecule has 3 unspecified atom stereocenters. The van der Waals surface area contributed by atoms with Gasteiger partial charge in [0.15, 0.2) is 5.76 Å². The quantitative estimate of drug-likeness (QED) is 0.839. The topological polar surface area (TPSA) is 42.2 Å². The zero-order valence-electron chi connectivity index (χ0n) is 8.20. The van der Waals surface area contributed by atoms with Crippen LogP contribution in [-0.2, 0) is 0 Å². The number of rotatable bonds is 2. The number of nitrogens with one attached hydrogen (secondary N) is 1. The van der Waals surface area contributed by atoms with E-state index in [4.69, 9.17) is 4.42 Å². The monoisotopic (exact) mass is 269 g/mol. The number of halogens is 1. The zero-order chi connectivity index (χ0) is 10.4. The molecule has 3 nitrogen and oxygen atoms in total. The Bertz CT molecular complexity index is 401. The van der Waals surface area contributed by atoms with Crippen molar-refractivity contribution in [1.82, 2.24) is 5.32 Å². The molecule has 80 valence electrons. The lowest BCUT2D eigenvalue weighted by Gasteiger charge is -2.17. The molecule has 0 radical (unpaired) electrons. The van der Waals surface area contributed by atoms with Crippen LogP contribution in [0.1, 0.15) is 29.8 Å². The third-order valence-electron chi connectivity index (χ3n) is 3.48. The number of ketones is 1. The number of carbonyl (C=O) groups excluding carboxylic acids is 1. The molecule has 2 aliphatic heterocycles. The molecule has 2 aliphatic rings. The highest BCUT2D eigenvalue weighted by Crippen LogP contribution is 2.36. The third kappa shape index (κ3) is 1.47. The van der Waals surface area contributed by atoms with Gasteiger partial charge in [-0.05, 0) is 41.3 Å². The molecule has 0 aromatic carbocycles. The second-order valence-electron chi connectivity index (χ2n) is 4.35. The highest BCUT2D eigenvalue weighted by molar-refractivity contribution is 9.10. The van der Waals surface area contributed by atoms with Crippen LogP contribution in [0.3, 0.4) is 0 Å². The molecule has 1 aromatic heterocycles. The van der Waals surface area contributed by atoms with Crippen LogP contribution >= 0.6 is 15.9 Å². The van der Waals surface area contributed by atoms with Crippen molar-refractivity contribution in [2.75, 3.05) is 0 Å². The summed E-state index contributed by atoms with van der Waals surface area (Å²) in [6, 6.07) is 2.70. The maximum Gasteiger partial charge on any atom is 0.203 e. The Morgan fingerprint density at radius 2 is 2.40 bits per heavy atom. The molecule has 0 saturated carbocycles. The first-order valence-corrected chi connectivity index (χ1v) is 6.08. The van der Waals surface area contributed by atoms with Crippen molar-refractivity contribution in [3.63, 3.8) is 0 Å². The largest absolute Gasteiger partial charge is 0.460 e. The second-order valence-corrected chi connectivity index (χ2v) is 5.21. The van der Waals surface area contributed by atoms with E-state index in [1.54, 1.807) is 12.3 Å². The Balaban J connectivity index is 1.84. The van der Waals surface area contributed by atoms with Gasteiger partial charge in [-0.3, -0.25) is 4.79 Å². The Morgan fingerprint density at radius 1 is 1.53 bits per heavy atom. The van der Waals surface area contributed by atoms with Crippen molar-refractivity contribution in [1.29, 1.82) is 0 Å². The van der Waals surface area contributed by atoms with Gasteiger partial charge < -0.3 is 9.73 Å². The van der Waals surface area contributed by atoms with E-state index in [9.17, 15) is 4.79 Å². The van der Waals surface area contributed by atoms with Crippen LogP contribution < -0.4 is 5.32 Å². The lowest BCUT2D eigenvalue weighted by atomic mass is 9.85. The average Bonchev–Trinajstić information content (AvgIpc) is 2.91. The van der Waals surface area contributed by atoms with Crippen LogP contribution in [-0.4, -0.2) is 17.9 Å². The summed E-state index contributed by atoms with van der Waals surface area (Å²) in [6.45, 7) is 0. The maximum atomic E-state index is 12.2. The number of hydrogen-bond donors (Lipinski definition) is 1. The summed E-state index contributed by atoms with van der Waals surface area (Å²) in [5.74, 6) is 0.743. The third-order valence-corrected chi connectivity index (χ3v) is 4.10. The SMILES string of the molecule is O=C(c1occc1Br)C1CC2CCC1N2. The van der Waals surface area contributed by atoms with Crippen LogP contribution in [0.25, 0.3) is 0 Å². The van der Waals surface area contributed by atoms with Gasteiger partial charge >= 0.3 is 0 Å². The molecule has 0 spiro atoms. The van der Waals surface area contributed by atoms with Crippen molar-refractivity contribution in [2.24, 2.45) is 5.92 Å². The van der Waals surface area contributed by atoms with Gasteiger partial charge in [-0.25, -0.2) is 0 Å². The molecule has 2 bridgehead atoms. The Labute approximate surface area is 96.3 Å². The van der Waals surface area contributed by atoms with Crippen LogP contribution in [0.4, 0.5) is 0 Å². The van der Waals surface area contributed by atoms with Crippen LogP contribution in [0.2, 0.25) is 0 Å². The minimum atomic E-state index is 0.117. The molecule has 15 heavy (non-hydrogen) atoms. The molecule has 1 N–H and O–H groups in total. The number of hydrogen-bond acceptors (Lipinski definition) is 3. The molecule has 3 rings (SSSR count). The van der Waals surface area contributed by atoms with Gasteiger partial charge in [0.2, 0.25) is 5.78 Å². The molecule has 4 heteroatoms. The first-order valence-electron chi connectivity index (χ1n) is 5.29. The number of carbonyl (C=O) groups is 1. The molecular weight excluding hydrogens is 258 g/mol. The summed E-state index contributed by atoms with van der Waals surface area (Å²) in [5.41, 5.74) is 0. The van der Waals surface area contributed by atoms with Crippen LogP contribution in [0.5, 0.6) is 0 Å². The van der Waals surface area contributed by atoms with E-state index < -0.39 is 0 Å². The molecule has 0 aliphatic carbocycles. The summed E-state index contributed by atoms with van der Waals surface area (Å²) in [6.07, 6.45) is 4.86. The molecular formula is C11H12BrNO2. The van der Waals surface area contributed by atoms with Crippen molar-refractivity contribution in [2.45, 2.75) is 31.3 Å². The van der Waals surface area contributed by atoms with Gasteiger partial charge in [0, 0.05) is 18.0 Å². The lowest BCUT2D eigenvalue weighted by Crippen LogP contribution is -2.28. The summed E-state index contributed by atoms with van der Waals surface area (Å²) >= 11 is 3.33. The lowest BCUT2D eigenvalue weighted by molar-refractivity contribution is 0.0871. The number of furan rings is 1. The highest BCUT2D eigenvalue weighted by atomic mass is 79.9. The first-order chi connectivity index (χ1) is 7.25. The van der Waals surface area contributed by atoms with Crippen molar-refractivity contribution in [3.8, 4) is 0 Å². The van der Waals surface area contributed by atoms with Gasteiger partial charge in [-0.1, -0.05) is 0 Å². The fourth-order valence-electron chi connectivity index (χ4n) is 2.75. The normalized spacial score (nSPS) is 33.5. The zero-order valence-corrected chi connectivity index (χ0v) is 9.79. The van der Waals surface area contributed by atoms with Gasteiger partial charge in [-0.2, -0.15) is 0 Å². The molecule has 1 aromatic rings. The standard InChI is InChI=1S/C11H12BrNO2/c12-8-3-4-15-11(8)10(14)7-5-6-1-2-9(7)13-6/h3-4,6-7,9,13H,1-2,5H2. The highest BCUT2D eigenvalue weighted by Gasteiger charge is 2.43. The second kappa shape index (κ2) is 3.46. The summed E-state index contributed by atoms with van der Waals surface area (Å²) < 4.78 is 6.00. The smallest absolute Gasteiger partial charge is 0.203 e. The molecule has 3 atom stereocenters. The summed E-state index contributed by atoms with van der Waals surface area (Å²) in [5, 5.41) is 3.46. The van der Waals surface area contributed by atoms with E-state index >= 15 is 0 Å². The molecule has 3 heterocycles. The van der Waals surface area contributed by atoms with Crippen LogP contribution in [0.15, 0.2) is 21.2 Å². The predicted molar refractivity (Wildman–Crippen MR) is 58.8 cm³/mol. The predicted octanol–water partition coefficient (Wildman–Crippen LogP) is 2.37. The maximum absolute atomic E-state index is 12.2.